The van der Waals surface area contributed by atoms with Crippen molar-refractivity contribution < 1.29 is 8.81 Å². The molecule has 15 heavy (non-hydrogen) atoms. The molecule has 0 aliphatic carbocycles. The number of rotatable bonds is 2. The molecule has 2 aromatic rings. The van der Waals surface area contributed by atoms with Gasteiger partial charge in [-0.25, -0.2) is 4.39 Å². The molecule has 0 amide bonds. The van der Waals surface area contributed by atoms with E-state index in [-0.39, 0.29) is 5.82 Å². The second kappa shape index (κ2) is 4.16. The van der Waals surface area contributed by atoms with Gasteiger partial charge < -0.3 is 10.2 Å². The zero-order valence-electron chi connectivity index (χ0n) is 7.78. The Balaban J connectivity index is 2.41. The van der Waals surface area contributed by atoms with Gasteiger partial charge in [-0.15, -0.1) is 0 Å². The molecular weight excluding hydrogens is 261 g/mol. The standard InChI is InChI=1S/C11H9BrFNO/c12-8-5-6-15-11(8)10(14)7-3-1-2-4-9(7)13/h1-6,10H,14H2. The third-order valence-electron chi connectivity index (χ3n) is 2.17. The second-order valence-corrected chi connectivity index (χ2v) is 3.99. The Morgan fingerprint density at radius 1 is 1.27 bits per heavy atom. The van der Waals surface area contributed by atoms with E-state index in [1.807, 2.05) is 0 Å². The summed E-state index contributed by atoms with van der Waals surface area (Å²) in [5, 5.41) is 0. The largest absolute Gasteiger partial charge is 0.466 e. The van der Waals surface area contributed by atoms with E-state index in [2.05, 4.69) is 15.9 Å². The third-order valence-corrected chi connectivity index (χ3v) is 2.82. The third kappa shape index (κ3) is 1.96. The number of halogens is 2. The first-order chi connectivity index (χ1) is 7.20. The van der Waals surface area contributed by atoms with Crippen LogP contribution in [0.3, 0.4) is 0 Å². The molecular formula is C11H9BrFNO. The molecule has 1 atom stereocenters. The predicted molar refractivity (Wildman–Crippen MR) is 58.8 cm³/mol. The van der Waals surface area contributed by atoms with Crippen molar-refractivity contribution in [3.63, 3.8) is 0 Å². The van der Waals surface area contributed by atoms with E-state index in [0.29, 0.717) is 11.3 Å². The van der Waals surface area contributed by atoms with Gasteiger partial charge in [0.2, 0.25) is 0 Å². The highest BCUT2D eigenvalue weighted by Gasteiger charge is 2.18. The van der Waals surface area contributed by atoms with Gasteiger partial charge >= 0.3 is 0 Å². The molecule has 1 aromatic heterocycles. The summed E-state index contributed by atoms with van der Waals surface area (Å²) in [4.78, 5) is 0. The number of hydrogen-bond donors (Lipinski definition) is 1. The lowest BCUT2D eigenvalue weighted by atomic mass is 10.1. The summed E-state index contributed by atoms with van der Waals surface area (Å²) in [6.45, 7) is 0. The Morgan fingerprint density at radius 3 is 2.60 bits per heavy atom. The molecule has 78 valence electrons. The van der Waals surface area contributed by atoms with Crippen molar-refractivity contribution in [2.45, 2.75) is 6.04 Å². The van der Waals surface area contributed by atoms with Crippen molar-refractivity contribution in [1.29, 1.82) is 0 Å². The van der Waals surface area contributed by atoms with Gasteiger partial charge in [0.05, 0.1) is 16.8 Å². The lowest BCUT2D eigenvalue weighted by molar-refractivity contribution is 0.478. The SMILES string of the molecule is NC(c1ccccc1F)c1occc1Br. The molecule has 0 aliphatic heterocycles. The number of nitrogens with two attached hydrogens (primary N) is 1. The van der Waals surface area contributed by atoms with Gasteiger partial charge in [0, 0.05) is 5.56 Å². The summed E-state index contributed by atoms with van der Waals surface area (Å²) in [6.07, 6.45) is 1.51. The Labute approximate surface area is 95.0 Å². The molecule has 0 radical (unpaired) electrons. The van der Waals surface area contributed by atoms with Crippen molar-refractivity contribution in [3.05, 3.63) is 58.2 Å². The predicted octanol–water partition coefficient (Wildman–Crippen LogP) is 3.23. The van der Waals surface area contributed by atoms with Gasteiger partial charge in [0.1, 0.15) is 11.6 Å². The lowest BCUT2D eigenvalue weighted by Gasteiger charge is -2.10. The van der Waals surface area contributed by atoms with Crippen LogP contribution in [0.15, 0.2) is 45.5 Å². The molecule has 0 aliphatic rings. The van der Waals surface area contributed by atoms with Gasteiger partial charge in [-0.05, 0) is 28.1 Å². The summed E-state index contributed by atoms with van der Waals surface area (Å²) in [5.41, 5.74) is 6.32. The van der Waals surface area contributed by atoms with E-state index in [0.717, 1.165) is 4.47 Å². The first kappa shape index (κ1) is 10.4. The van der Waals surface area contributed by atoms with E-state index >= 15 is 0 Å². The van der Waals surface area contributed by atoms with E-state index < -0.39 is 6.04 Å². The molecule has 0 saturated carbocycles. The molecule has 1 aromatic carbocycles. The molecule has 1 heterocycles. The zero-order valence-corrected chi connectivity index (χ0v) is 9.37. The smallest absolute Gasteiger partial charge is 0.139 e. The second-order valence-electron chi connectivity index (χ2n) is 3.13. The van der Waals surface area contributed by atoms with Crippen molar-refractivity contribution >= 4 is 15.9 Å². The molecule has 2 nitrogen and oxygen atoms in total. The van der Waals surface area contributed by atoms with Gasteiger partial charge in [0.25, 0.3) is 0 Å². The maximum absolute atomic E-state index is 13.4. The average Bonchev–Trinajstić information content (AvgIpc) is 2.64. The van der Waals surface area contributed by atoms with Crippen LogP contribution in [0.4, 0.5) is 4.39 Å². The van der Waals surface area contributed by atoms with Crippen LogP contribution in [0.1, 0.15) is 17.4 Å². The quantitative estimate of drug-likeness (QED) is 0.909. The fourth-order valence-electron chi connectivity index (χ4n) is 1.40. The Morgan fingerprint density at radius 2 is 2.00 bits per heavy atom. The van der Waals surface area contributed by atoms with Gasteiger partial charge in [-0.3, -0.25) is 0 Å². The Hall–Kier alpha value is -1.13. The van der Waals surface area contributed by atoms with E-state index in [1.54, 1.807) is 24.3 Å². The summed E-state index contributed by atoms with van der Waals surface area (Å²) in [7, 11) is 0. The molecule has 0 saturated heterocycles. The van der Waals surface area contributed by atoms with E-state index in [1.165, 1.54) is 12.3 Å². The fraction of sp³-hybridized carbons (Fsp3) is 0.0909. The molecule has 1 unspecified atom stereocenters. The fourth-order valence-corrected chi connectivity index (χ4v) is 1.84. The summed E-state index contributed by atoms with van der Waals surface area (Å²) >= 11 is 3.29. The van der Waals surface area contributed by atoms with Crippen LogP contribution in [0.2, 0.25) is 0 Å². The first-order valence-corrected chi connectivity index (χ1v) is 5.22. The maximum atomic E-state index is 13.4. The molecule has 0 bridgehead atoms. The topological polar surface area (TPSA) is 39.2 Å². The van der Waals surface area contributed by atoms with Crippen LogP contribution in [-0.4, -0.2) is 0 Å². The van der Waals surface area contributed by atoms with Crippen molar-refractivity contribution in [2.75, 3.05) is 0 Å². The highest BCUT2D eigenvalue weighted by molar-refractivity contribution is 9.10. The van der Waals surface area contributed by atoms with Crippen LogP contribution in [0.5, 0.6) is 0 Å². The number of hydrogen-bond acceptors (Lipinski definition) is 2. The van der Waals surface area contributed by atoms with Crippen LogP contribution in [-0.2, 0) is 0 Å². The van der Waals surface area contributed by atoms with Gasteiger partial charge in [-0.1, -0.05) is 18.2 Å². The van der Waals surface area contributed by atoms with Gasteiger partial charge in [-0.2, -0.15) is 0 Å². The van der Waals surface area contributed by atoms with E-state index in [4.69, 9.17) is 10.2 Å². The van der Waals surface area contributed by atoms with Crippen molar-refractivity contribution in [1.82, 2.24) is 0 Å². The number of furan rings is 1. The van der Waals surface area contributed by atoms with Crippen molar-refractivity contribution in [2.24, 2.45) is 5.73 Å². The van der Waals surface area contributed by atoms with E-state index in [9.17, 15) is 4.39 Å². The zero-order chi connectivity index (χ0) is 10.8. The van der Waals surface area contributed by atoms with Gasteiger partial charge in [0.15, 0.2) is 0 Å². The van der Waals surface area contributed by atoms with Crippen LogP contribution >= 0.6 is 15.9 Å². The Bertz CT molecular complexity index is 469. The summed E-state index contributed by atoms with van der Waals surface area (Å²) in [6, 6.07) is 7.55. The van der Waals surface area contributed by atoms with Crippen LogP contribution in [0, 0.1) is 5.82 Å². The lowest BCUT2D eigenvalue weighted by Crippen LogP contribution is -2.13. The molecule has 4 heteroatoms. The van der Waals surface area contributed by atoms with Crippen LogP contribution in [0.25, 0.3) is 0 Å². The monoisotopic (exact) mass is 269 g/mol. The highest BCUT2D eigenvalue weighted by atomic mass is 79.9. The van der Waals surface area contributed by atoms with Crippen LogP contribution < -0.4 is 5.73 Å². The first-order valence-electron chi connectivity index (χ1n) is 4.43. The molecule has 0 spiro atoms. The molecule has 2 N–H and O–H groups in total. The minimum atomic E-state index is -0.587. The summed E-state index contributed by atoms with van der Waals surface area (Å²) < 4.78 is 19.4. The molecule has 2 rings (SSSR count). The minimum Gasteiger partial charge on any atom is -0.466 e. The average molecular weight is 270 g/mol. The maximum Gasteiger partial charge on any atom is 0.139 e. The Kier molecular flexibility index (Phi) is 2.88. The molecule has 0 fully saturated rings. The van der Waals surface area contributed by atoms with Crippen molar-refractivity contribution in [3.8, 4) is 0 Å². The summed E-state index contributed by atoms with van der Waals surface area (Å²) in [5.74, 6) is 0.202. The minimum absolute atomic E-state index is 0.326. The highest BCUT2D eigenvalue weighted by Crippen LogP contribution is 2.28. The normalized spacial score (nSPS) is 12.7. The number of benzene rings is 1.